The first-order valence-corrected chi connectivity index (χ1v) is 7.49. The van der Waals surface area contributed by atoms with E-state index in [2.05, 4.69) is 12.2 Å². The molecule has 1 spiro atoms. The van der Waals surface area contributed by atoms with E-state index in [1.807, 2.05) is 29.2 Å². The van der Waals surface area contributed by atoms with Crippen molar-refractivity contribution in [2.45, 2.75) is 31.1 Å². The lowest BCUT2D eigenvalue weighted by molar-refractivity contribution is -0.146. The summed E-state index contributed by atoms with van der Waals surface area (Å²) in [6.07, 6.45) is 6.14. The number of carbonyl (C=O) groups excluding carboxylic acids is 1. The summed E-state index contributed by atoms with van der Waals surface area (Å²) in [4.78, 5) is 14.7. The second-order valence-electron chi connectivity index (χ2n) is 6.12. The highest BCUT2D eigenvalue weighted by Crippen LogP contribution is 2.48. The molecule has 110 valence electrons. The number of carbonyl (C=O) groups is 1. The number of benzene rings is 1. The van der Waals surface area contributed by atoms with Gasteiger partial charge in [0.15, 0.2) is 0 Å². The first-order chi connectivity index (χ1) is 10.2. The van der Waals surface area contributed by atoms with Crippen LogP contribution in [0.5, 0.6) is 5.75 Å². The number of piperidine rings is 1. The Morgan fingerprint density at radius 2 is 2.19 bits per heavy atom. The summed E-state index contributed by atoms with van der Waals surface area (Å²) >= 11 is 0. The van der Waals surface area contributed by atoms with Crippen LogP contribution in [0.25, 0.3) is 0 Å². The summed E-state index contributed by atoms with van der Waals surface area (Å²) in [6.45, 7) is 1.43. The molecule has 1 aromatic carbocycles. The number of nitrogens with zero attached hydrogens (tertiary/aromatic N) is 1. The van der Waals surface area contributed by atoms with Crippen molar-refractivity contribution in [2.24, 2.45) is 5.92 Å². The zero-order valence-corrected chi connectivity index (χ0v) is 12.1. The lowest BCUT2D eigenvalue weighted by Crippen LogP contribution is -2.52. The Morgan fingerprint density at radius 1 is 1.38 bits per heavy atom. The molecule has 3 unspecified atom stereocenters. The molecule has 3 atom stereocenters. The van der Waals surface area contributed by atoms with E-state index < -0.39 is 0 Å². The minimum atomic E-state index is -0.293. The Morgan fingerprint density at radius 3 is 2.90 bits per heavy atom. The first kappa shape index (κ1) is 12.9. The summed E-state index contributed by atoms with van der Waals surface area (Å²) < 4.78 is 11.2. The van der Waals surface area contributed by atoms with Crippen LogP contribution >= 0.6 is 0 Å². The second-order valence-corrected chi connectivity index (χ2v) is 6.12. The van der Waals surface area contributed by atoms with E-state index in [-0.39, 0.29) is 23.5 Å². The van der Waals surface area contributed by atoms with E-state index in [1.165, 1.54) is 0 Å². The predicted octanol–water partition coefficient (Wildman–Crippen LogP) is 2.14. The van der Waals surface area contributed by atoms with Crippen molar-refractivity contribution >= 4 is 5.91 Å². The van der Waals surface area contributed by atoms with Gasteiger partial charge in [-0.15, -0.1) is 0 Å². The van der Waals surface area contributed by atoms with Gasteiger partial charge in [-0.05, 0) is 30.5 Å². The summed E-state index contributed by atoms with van der Waals surface area (Å²) in [6, 6.07) is 7.92. The number of rotatable bonds is 3. The number of ether oxygens (including phenoxy) is 2. The largest absolute Gasteiger partial charge is 0.497 e. The molecule has 21 heavy (non-hydrogen) atoms. The molecule has 4 nitrogen and oxygen atoms in total. The molecule has 0 N–H and O–H groups in total. The number of amides is 1. The van der Waals surface area contributed by atoms with Crippen molar-refractivity contribution in [3.8, 4) is 5.75 Å². The van der Waals surface area contributed by atoms with E-state index in [4.69, 9.17) is 9.47 Å². The molecule has 2 bridgehead atoms. The molecule has 0 aromatic heterocycles. The summed E-state index contributed by atoms with van der Waals surface area (Å²) in [5.41, 5.74) is 0.845. The van der Waals surface area contributed by atoms with Crippen LogP contribution in [0.4, 0.5) is 0 Å². The summed E-state index contributed by atoms with van der Waals surface area (Å²) in [5.74, 6) is 1.10. The van der Waals surface area contributed by atoms with Gasteiger partial charge in [-0.3, -0.25) is 4.79 Å². The maximum Gasteiger partial charge on any atom is 0.229 e. The van der Waals surface area contributed by atoms with Crippen LogP contribution in [-0.4, -0.2) is 36.2 Å². The van der Waals surface area contributed by atoms with E-state index in [9.17, 15) is 4.79 Å². The third-order valence-electron chi connectivity index (χ3n) is 4.94. The fraction of sp³-hybridized carbons (Fsp3) is 0.471. The number of hydrogen-bond acceptors (Lipinski definition) is 3. The van der Waals surface area contributed by atoms with Crippen molar-refractivity contribution in [1.29, 1.82) is 0 Å². The van der Waals surface area contributed by atoms with Crippen molar-refractivity contribution in [3.63, 3.8) is 0 Å². The maximum atomic E-state index is 12.7. The van der Waals surface area contributed by atoms with Crippen LogP contribution in [0.2, 0.25) is 0 Å². The normalized spacial score (nSPS) is 33.4. The van der Waals surface area contributed by atoms with Gasteiger partial charge in [-0.1, -0.05) is 24.3 Å². The van der Waals surface area contributed by atoms with Crippen molar-refractivity contribution in [1.82, 2.24) is 4.90 Å². The minimum Gasteiger partial charge on any atom is -0.497 e. The SMILES string of the molecule is COc1ccc(CN2CCC34C=CC(CC3C2=O)O4)cc1. The third kappa shape index (κ3) is 1.97. The molecule has 2 saturated heterocycles. The van der Waals surface area contributed by atoms with Gasteiger partial charge in [-0.25, -0.2) is 0 Å². The summed E-state index contributed by atoms with van der Waals surface area (Å²) in [7, 11) is 1.66. The van der Waals surface area contributed by atoms with Gasteiger partial charge in [0, 0.05) is 13.1 Å². The van der Waals surface area contributed by atoms with Crippen LogP contribution in [0.1, 0.15) is 18.4 Å². The molecule has 3 heterocycles. The molecular formula is C17H19NO3. The molecule has 3 aliphatic heterocycles. The Hall–Kier alpha value is -1.81. The molecule has 0 radical (unpaired) electrons. The topological polar surface area (TPSA) is 38.8 Å². The zero-order valence-electron chi connectivity index (χ0n) is 12.1. The highest BCUT2D eigenvalue weighted by molar-refractivity contribution is 5.82. The molecule has 4 heteroatoms. The quantitative estimate of drug-likeness (QED) is 0.799. The maximum absolute atomic E-state index is 12.7. The average Bonchev–Trinajstić information content (AvgIpc) is 3.09. The molecule has 1 amide bonds. The van der Waals surface area contributed by atoms with Gasteiger partial charge in [0.2, 0.25) is 5.91 Å². The molecule has 1 aromatic rings. The minimum absolute atomic E-state index is 0.0134. The van der Waals surface area contributed by atoms with Crippen LogP contribution in [0.3, 0.4) is 0 Å². The standard InChI is InChI=1S/C17H19NO3/c1-20-13-4-2-12(3-5-13)11-18-9-8-17-7-6-14(21-17)10-15(17)16(18)19/h2-7,14-15H,8-11H2,1H3. The highest BCUT2D eigenvalue weighted by atomic mass is 16.5. The van der Waals surface area contributed by atoms with Crippen molar-refractivity contribution in [2.75, 3.05) is 13.7 Å². The number of hydrogen-bond donors (Lipinski definition) is 0. The third-order valence-corrected chi connectivity index (χ3v) is 4.94. The van der Waals surface area contributed by atoms with Gasteiger partial charge in [0.25, 0.3) is 0 Å². The molecule has 0 saturated carbocycles. The van der Waals surface area contributed by atoms with E-state index in [0.717, 1.165) is 30.7 Å². The van der Waals surface area contributed by atoms with Gasteiger partial charge in [0.05, 0.1) is 19.1 Å². The lowest BCUT2D eigenvalue weighted by atomic mass is 9.77. The molecule has 0 aliphatic carbocycles. The Bertz CT molecular complexity index is 595. The fourth-order valence-corrected chi connectivity index (χ4v) is 3.76. The lowest BCUT2D eigenvalue weighted by Gasteiger charge is -2.40. The molecule has 3 aliphatic rings. The molecular weight excluding hydrogens is 266 g/mol. The number of fused-ring (bicyclic) bond motifs is 1. The predicted molar refractivity (Wildman–Crippen MR) is 77.9 cm³/mol. The van der Waals surface area contributed by atoms with Crippen LogP contribution in [0.15, 0.2) is 36.4 Å². The number of methoxy groups -OCH3 is 1. The summed E-state index contributed by atoms with van der Waals surface area (Å²) in [5, 5.41) is 0. The van der Waals surface area contributed by atoms with E-state index in [0.29, 0.717) is 6.54 Å². The van der Waals surface area contributed by atoms with Crippen LogP contribution in [0, 0.1) is 5.92 Å². The van der Waals surface area contributed by atoms with Crippen LogP contribution in [-0.2, 0) is 16.1 Å². The van der Waals surface area contributed by atoms with Gasteiger partial charge < -0.3 is 14.4 Å². The van der Waals surface area contributed by atoms with Crippen LogP contribution < -0.4 is 4.74 Å². The smallest absolute Gasteiger partial charge is 0.229 e. The van der Waals surface area contributed by atoms with Gasteiger partial charge in [-0.2, -0.15) is 0 Å². The van der Waals surface area contributed by atoms with Gasteiger partial charge in [0.1, 0.15) is 11.4 Å². The van der Waals surface area contributed by atoms with E-state index in [1.54, 1.807) is 7.11 Å². The second kappa shape index (κ2) is 4.60. The molecule has 2 fully saturated rings. The van der Waals surface area contributed by atoms with Gasteiger partial charge >= 0.3 is 0 Å². The molecule has 4 rings (SSSR count). The van der Waals surface area contributed by atoms with Crippen molar-refractivity contribution < 1.29 is 14.3 Å². The van der Waals surface area contributed by atoms with Crippen molar-refractivity contribution in [3.05, 3.63) is 42.0 Å². The highest BCUT2D eigenvalue weighted by Gasteiger charge is 2.56. The average molecular weight is 285 g/mol. The Kier molecular flexibility index (Phi) is 2.82. The first-order valence-electron chi connectivity index (χ1n) is 7.49. The Balaban J connectivity index is 1.49. The zero-order chi connectivity index (χ0) is 14.4. The Labute approximate surface area is 124 Å². The number of likely N-dealkylation sites (tertiary alicyclic amines) is 1. The monoisotopic (exact) mass is 285 g/mol. The van der Waals surface area contributed by atoms with E-state index >= 15 is 0 Å². The fourth-order valence-electron chi connectivity index (χ4n) is 3.76.